The van der Waals surface area contributed by atoms with Gasteiger partial charge in [0, 0.05) is 17.5 Å². The van der Waals surface area contributed by atoms with E-state index in [1.54, 1.807) is 14.2 Å². The Bertz CT molecular complexity index is 470. The fraction of sp³-hybridized carbons (Fsp3) is 0.625. The van der Waals surface area contributed by atoms with E-state index in [4.69, 9.17) is 15.2 Å². The molecule has 0 heterocycles. The predicted molar refractivity (Wildman–Crippen MR) is 78.2 cm³/mol. The second kappa shape index (κ2) is 4.71. The Labute approximate surface area is 116 Å². The van der Waals surface area contributed by atoms with E-state index >= 15 is 0 Å². The Hall–Kier alpha value is -1.22. The van der Waals surface area contributed by atoms with Crippen LogP contribution in [0.25, 0.3) is 0 Å². The molecule has 0 atom stereocenters. The van der Waals surface area contributed by atoms with Crippen LogP contribution in [-0.4, -0.2) is 20.8 Å². The summed E-state index contributed by atoms with van der Waals surface area (Å²) in [6.45, 7) is 7.29. The lowest BCUT2D eigenvalue weighted by Gasteiger charge is -2.25. The lowest BCUT2D eigenvalue weighted by atomic mass is 9.83. The van der Waals surface area contributed by atoms with Gasteiger partial charge in [-0.2, -0.15) is 0 Å². The molecule has 0 bridgehead atoms. The minimum Gasteiger partial charge on any atom is -0.493 e. The van der Waals surface area contributed by atoms with Crippen LogP contribution >= 0.6 is 0 Å². The summed E-state index contributed by atoms with van der Waals surface area (Å²) in [6.07, 6.45) is 2.27. The van der Waals surface area contributed by atoms with Crippen LogP contribution in [0.2, 0.25) is 0 Å². The maximum absolute atomic E-state index is 5.98. The Kier molecular flexibility index (Phi) is 3.52. The third-order valence-corrected chi connectivity index (χ3v) is 4.16. The zero-order valence-corrected chi connectivity index (χ0v) is 12.7. The van der Waals surface area contributed by atoms with Gasteiger partial charge < -0.3 is 15.2 Å². The topological polar surface area (TPSA) is 44.5 Å². The molecule has 1 fully saturated rings. The molecule has 1 saturated carbocycles. The fourth-order valence-corrected chi connectivity index (χ4v) is 2.53. The molecule has 2 N–H and O–H groups in total. The molecule has 1 aromatic carbocycles. The maximum atomic E-state index is 5.98. The molecule has 1 aromatic rings. The largest absolute Gasteiger partial charge is 0.493 e. The second-order valence-corrected chi connectivity index (χ2v) is 6.49. The summed E-state index contributed by atoms with van der Waals surface area (Å²) in [5.41, 5.74) is 8.63. The van der Waals surface area contributed by atoms with E-state index in [1.165, 1.54) is 11.1 Å². The first kappa shape index (κ1) is 14.2. The first-order valence-corrected chi connectivity index (χ1v) is 6.85. The first-order valence-electron chi connectivity index (χ1n) is 6.85. The van der Waals surface area contributed by atoms with Gasteiger partial charge in [-0.05, 0) is 29.9 Å². The van der Waals surface area contributed by atoms with E-state index in [2.05, 4.69) is 32.9 Å². The van der Waals surface area contributed by atoms with Gasteiger partial charge in [-0.25, -0.2) is 0 Å². The van der Waals surface area contributed by atoms with Crippen LogP contribution in [0, 0.1) is 0 Å². The van der Waals surface area contributed by atoms with E-state index in [9.17, 15) is 0 Å². The Morgan fingerprint density at radius 3 is 2.16 bits per heavy atom. The van der Waals surface area contributed by atoms with Crippen molar-refractivity contribution in [3.63, 3.8) is 0 Å². The van der Waals surface area contributed by atoms with Gasteiger partial charge in [0.1, 0.15) is 0 Å². The van der Waals surface area contributed by atoms with Gasteiger partial charge in [0.2, 0.25) is 0 Å². The molecule has 1 aliphatic carbocycles. The van der Waals surface area contributed by atoms with Crippen molar-refractivity contribution in [3.05, 3.63) is 23.3 Å². The van der Waals surface area contributed by atoms with Gasteiger partial charge in [0.25, 0.3) is 0 Å². The molecule has 0 aliphatic heterocycles. The van der Waals surface area contributed by atoms with Crippen molar-refractivity contribution in [2.75, 3.05) is 20.8 Å². The molecule has 106 valence electrons. The van der Waals surface area contributed by atoms with Crippen molar-refractivity contribution in [1.82, 2.24) is 0 Å². The quantitative estimate of drug-likeness (QED) is 0.908. The fourth-order valence-electron chi connectivity index (χ4n) is 2.53. The highest BCUT2D eigenvalue weighted by molar-refractivity contribution is 5.55. The molecule has 3 nitrogen and oxygen atoms in total. The van der Waals surface area contributed by atoms with E-state index in [0.717, 1.165) is 24.3 Å². The molecule has 0 aromatic heterocycles. The third kappa shape index (κ3) is 2.44. The van der Waals surface area contributed by atoms with Crippen LogP contribution in [0.1, 0.15) is 44.7 Å². The van der Waals surface area contributed by atoms with Crippen molar-refractivity contribution in [2.24, 2.45) is 5.73 Å². The van der Waals surface area contributed by atoms with E-state index in [-0.39, 0.29) is 10.8 Å². The summed E-state index contributed by atoms with van der Waals surface area (Å²) in [7, 11) is 3.39. The number of ether oxygens (including phenoxy) is 2. The number of rotatable bonds is 4. The van der Waals surface area contributed by atoms with Crippen LogP contribution in [-0.2, 0) is 10.8 Å². The highest BCUT2D eigenvalue weighted by Crippen LogP contribution is 2.53. The molecule has 0 spiro atoms. The molecular weight excluding hydrogens is 238 g/mol. The smallest absolute Gasteiger partial charge is 0.164 e. The average molecular weight is 263 g/mol. The van der Waals surface area contributed by atoms with Crippen molar-refractivity contribution in [2.45, 2.75) is 44.4 Å². The van der Waals surface area contributed by atoms with Gasteiger partial charge in [-0.1, -0.05) is 26.8 Å². The number of nitrogens with two attached hydrogens (primary N) is 1. The molecule has 0 saturated heterocycles. The minimum atomic E-state index is 0.0823. The molecule has 2 rings (SSSR count). The van der Waals surface area contributed by atoms with Gasteiger partial charge in [-0.3, -0.25) is 0 Å². The highest BCUT2D eigenvalue weighted by Gasteiger charge is 2.46. The number of methoxy groups -OCH3 is 2. The summed E-state index contributed by atoms with van der Waals surface area (Å²) in [5.74, 6) is 1.66. The molecule has 19 heavy (non-hydrogen) atoms. The minimum absolute atomic E-state index is 0.0823. The van der Waals surface area contributed by atoms with Crippen molar-refractivity contribution < 1.29 is 9.47 Å². The van der Waals surface area contributed by atoms with Gasteiger partial charge in [-0.15, -0.1) is 0 Å². The second-order valence-electron chi connectivity index (χ2n) is 6.49. The summed E-state index contributed by atoms with van der Waals surface area (Å²) >= 11 is 0. The molecule has 0 radical (unpaired) electrons. The highest BCUT2D eigenvalue weighted by atomic mass is 16.5. The number of benzene rings is 1. The lowest BCUT2D eigenvalue weighted by Crippen LogP contribution is -2.22. The van der Waals surface area contributed by atoms with Crippen LogP contribution in [0.3, 0.4) is 0 Å². The molecule has 3 heteroatoms. The molecule has 1 aliphatic rings. The third-order valence-electron chi connectivity index (χ3n) is 4.16. The van der Waals surface area contributed by atoms with Crippen molar-refractivity contribution >= 4 is 0 Å². The average Bonchev–Trinajstić information content (AvgIpc) is 3.16. The van der Waals surface area contributed by atoms with E-state index in [1.807, 2.05) is 0 Å². The Morgan fingerprint density at radius 2 is 1.79 bits per heavy atom. The Morgan fingerprint density at radius 1 is 1.16 bits per heavy atom. The van der Waals surface area contributed by atoms with Crippen LogP contribution in [0.15, 0.2) is 12.1 Å². The van der Waals surface area contributed by atoms with Gasteiger partial charge in [0.15, 0.2) is 11.5 Å². The molecule has 0 amide bonds. The van der Waals surface area contributed by atoms with Crippen LogP contribution in [0.5, 0.6) is 11.5 Å². The number of hydrogen-bond donors (Lipinski definition) is 1. The van der Waals surface area contributed by atoms with E-state index in [0.29, 0.717) is 6.54 Å². The Balaban J connectivity index is 2.62. The summed E-state index contributed by atoms with van der Waals surface area (Å²) < 4.78 is 11.1. The van der Waals surface area contributed by atoms with E-state index < -0.39 is 0 Å². The van der Waals surface area contributed by atoms with Crippen LogP contribution < -0.4 is 15.2 Å². The summed E-state index contributed by atoms with van der Waals surface area (Å²) in [4.78, 5) is 0. The monoisotopic (exact) mass is 263 g/mol. The van der Waals surface area contributed by atoms with Gasteiger partial charge >= 0.3 is 0 Å². The zero-order chi connectivity index (χ0) is 14.3. The predicted octanol–water partition coefficient (Wildman–Crippen LogP) is 2.99. The molecular formula is C16H25NO2. The zero-order valence-electron chi connectivity index (χ0n) is 12.7. The SMILES string of the molecule is COc1cc(C(C)(C)C)cc(C2(CN)CC2)c1OC. The first-order chi connectivity index (χ1) is 8.88. The summed E-state index contributed by atoms with van der Waals surface area (Å²) in [5, 5.41) is 0. The standard InChI is InChI=1S/C16H25NO2/c1-15(2,3)11-8-12(16(10-17)6-7-16)14(19-5)13(9-11)18-4/h8-9H,6-7,10,17H2,1-5H3. The lowest BCUT2D eigenvalue weighted by molar-refractivity contribution is 0.347. The molecule has 0 unspecified atom stereocenters. The van der Waals surface area contributed by atoms with Crippen molar-refractivity contribution in [3.8, 4) is 11.5 Å². The van der Waals surface area contributed by atoms with Gasteiger partial charge in [0.05, 0.1) is 14.2 Å². The normalized spacial score (nSPS) is 17.2. The van der Waals surface area contributed by atoms with Crippen molar-refractivity contribution in [1.29, 1.82) is 0 Å². The number of hydrogen-bond acceptors (Lipinski definition) is 3. The van der Waals surface area contributed by atoms with Crippen LogP contribution in [0.4, 0.5) is 0 Å². The summed E-state index contributed by atoms with van der Waals surface area (Å²) in [6, 6.07) is 4.33. The maximum Gasteiger partial charge on any atom is 0.164 e.